The molecule has 0 saturated carbocycles. The second-order valence-corrected chi connectivity index (χ2v) is 17.8. The van der Waals surface area contributed by atoms with Gasteiger partial charge in [-0.05, 0) is 19.4 Å². The van der Waals surface area contributed by atoms with Gasteiger partial charge in [0.15, 0.2) is 5.22 Å². The molecule has 0 bridgehead atoms. The Morgan fingerprint density at radius 2 is 1.67 bits per heavy atom. The van der Waals surface area contributed by atoms with Gasteiger partial charge in [-0.25, -0.2) is 0 Å². The highest BCUT2D eigenvalue weighted by atomic mass is 28.4. The standard InChI is InChI=1S/C13H34O9Si5/c1-6-8-17-10-12(11-18-12)26(5)21-24-19-13(23,20-25-22-26)7-9-27(14-2,15-3)16-4/h6-11,24-25H2,1-5,23H3. The van der Waals surface area contributed by atoms with E-state index in [4.69, 9.17) is 39.8 Å². The van der Waals surface area contributed by atoms with Crippen LogP contribution in [0.25, 0.3) is 0 Å². The summed E-state index contributed by atoms with van der Waals surface area (Å²) in [7, 11) is -2.24. The minimum absolute atomic E-state index is 0.412. The molecule has 27 heavy (non-hydrogen) atoms. The van der Waals surface area contributed by atoms with E-state index in [9.17, 15) is 0 Å². The molecule has 14 heteroatoms. The molecule has 2 heterocycles. The van der Waals surface area contributed by atoms with Gasteiger partial charge < -0.3 is 39.8 Å². The maximum absolute atomic E-state index is 6.26. The summed E-state index contributed by atoms with van der Waals surface area (Å²) in [6.07, 6.45) is 1.62. The van der Waals surface area contributed by atoms with Crippen molar-refractivity contribution in [2.75, 3.05) is 41.2 Å². The summed E-state index contributed by atoms with van der Waals surface area (Å²) in [4.78, 5) is 0. The van der Waals surface area contributed by atoms with E-state index < -0.39 is 48.0 Å². The Labute approximate surface area is 171 Å². The minimum atomic E-state index is -2.66. The SMILES string of the molecule is CCCOCC1([Si]2(C)O[SiH2]OC([SiH3])(CC[Si](OC)(OC)OC)O[SiH2]O2)CO1. The molecule has 2 aliphatic rings. The number of rotatable bonds is 11. The zero-order valence-corrected chi connectivity index (χ0v) is 24.2. The third-order valence-electron chi connectivity index (χ3n) is 5.22. The van der Waals surface area contributed by atoms with Crippen LogP contribution in [-0.4, -0.2) is 99.4 Å². The molecule has 2 saturated heterocycles. The molecule has 0 amide bonds. The first-order valence-corrected chi connectivity index (χ1v) is 16.8. The minimum Gasteiger partial charge on any atom is -0.418 e. The van der Waals surface area contributed by atoms with Crippen LogP contribution in [-0.2, 0) is 39.8 Å². The monoisotopic (exact) mass is 474 g/mol. The van der Waals surface area contributed by atoms with Crippen LogP contribution >= 0.6 is 0 Å². The van der Waals surface area contributed by atoms with Gasteiger partial charge in [-0.15, -0.1) is 0 Å². The van der Waals surface area contributed by atoms with E-state index in [1.807, 2.05) is 6.55 Å². The van der Waals surface area contributed by atoms with Crippen LogP contribution in [0, 0.1) is 0 Å². The highest BCUT2D eigenvalue weighted by Gasteiger charge is 2.65. The first kappa shape index (κ1) is 24.0. The summed E-state index contributed by atoms with van der Waals surface area (Å²) >= 11 is 0. The quantitative estimate of drug-likeness (QED) is 0.195. The predicted octanol–water partition coefficient (Wildman–Crippen LogP) is -1.84. The molecule has 1 unspecified atom stereocenters. The average molecular weight is 475 g/mol. The third kappa shape index (κ3) is 5.88. The molecular formula is C13H34O9Si5. The molecule has 0 aromatic carbocycles. The van der Waals surface area contributed by atoms with Crippen LogP contribution in [0.3, 0.4) is 0 Å². The largest absolute Gasteiger partial charge is 0.500 e. The second-order valence-electron chi connectivity index (χ2n) is 7.02. The third-order valence-corrected chi connectivity index (χ3v) is 19.1. The predicted molar refractivity (Wildman–Crippen MR) is 112 cm³/mol. The van der Waals surface area contributed by atoms with Crippen molar-refractivity contribution in [3.8, 4) is 0 Å². The van der Waals surface area contributed by atoms with E-state index in [1.54, 1.807) is 21.3 Å². The van der Waals surface area contributed by atoms with Crippen LogP contribution in [0.4, 0.5) is 0 Å². The Morgan fingerprint density at radius 1 is 1.11 bits per heavy atom. The smallest absolute Gasteiger partial charge is 0.418 e. The zero-order chi connectivity index (χ0) is 20.0. The Kier molecular flexibility index (Phi) is 9.03. The Hall–Kier alpha value is 0.724. The fourth-order valence-electron chi connectivity index (χ4n) is 2.91. The highest BCUT2D eigenvalue weighted by molar-refractivity contribution is 6.76. The van der Waals surface area contributed by atoms with E-state index in [1.165, 1.54) is 0 Å². The summed E-state index contributed by atoms with van der Waals surface area (Å²) in [5, 5.41) is -0.412. The highest BCUT2D eigenvalue weighted by Crippen LogP contribution is 2.39. The summed E-state index contributed by atoms with van der Waals surface area (Å²) in [5.41, 5.74) is -0.627. The molecule has 0 aromatic rings. The molecule has 2 rings (SSSR count). The molecule has 0 spiro atoms. The number of ether oxygens (including phenoxy) is 2. The van der Waals surface area contributed by atoms with Gasteiger partial charge in [-0.3, -0.25) is 0 Å². The van der Waals surface area contributed by atoms with Crippen molar-refractivity contribution in [3.05, 3.63) is 0 Å². The molecular weight excluding hydrogens is 441 g/mol. The van der Waals surface area contributed by atoms with Gasteiger partial charge in [0, 0.05) is 34.0 Å². The van der Waals surface area contributed by atoms with E-state index >= 15 is 0 Å². The molecule has 2 fully saturated rings. The zero-order valence-electron chi connectivity index (χ0n) is 17.3. The van der Waals surface area contributed by atoms with E-state index in [-0.39, 0.29) is 0 Å². The lowest BCUT2D eigenvalue weighted by atomic mass is 10.5. The maximum Gasteiger partial charge on any atom is 0.500 e. The van der Waals surface area contributed by atoms with Gasteiger partial charge in [0.2, 0.25) is 0 Å². The number of hydrogen-bond acceptors (Lipinski definition) is 9. The maximum atomic E-state index is 6.26. The Balaban J connectivity index is 1.91. The van der Waals surface area contributed by atoms with Crippen molar-refractivity contribution in [2.45, 2.75) is 43.0 Å². The summed E-state index contributed by atoms with van der Waals surface area (Å²) < 4.78 is 52.8. The molecule has 1 atom stereocenters. The normalized spacial score (nSPS) is 36.8. The van der Waals surface area contributed by atoms with Crippen LogP contribution < -0.4 is 0 Å². The Bertz CT molecular complexity index is 445. The first-order valence-electron chi connectivity index (χ1n) is 9.25. The topological polar surface area (TPSA) is 86.4 Å². The summed E-state index contributed by atoms with van der Waals surface area (Å²) in [6.45, 7) is 5.98. The molecule has 0 radical (unpaired) electrons. The second kappa shape index (κ2) is 10.2. The van der Waals surface area contributed by atoms with Crippen molar-refractivity contribution in [1.29, 1.82) is 0 Å². The molecule has 9 nitrogen and oxygen atoms in total. The molecule has 0 aromatic heterocycles. The molecule has 160 valence electrons. The van der Waals surface area contributed by atoms with Crippen molar-refractivity contribution < 1.29 is 39.8 Å². The van der Waals surface area contributed by atoms with E-state index in [0.29, 0.717) is 42.5 Å². The fourth-order valence-corrected chi connectivity index (χ4v) is 13.8. The number of hydrogen-bond donors (Lipinski definition) is 0. The molecule has 0 aliphatic carbocycles. The summed E-state index contributed by atoms with van der Waals surface area (Å²) in [5.74, 6) is 0. The van der Waals surface area contributed by atoms with Crippen molar-refractivity contribution in [1.82, 2.24) is 0 Å². The molecule has 0 N–H and O–H groups in total. The average Bonchev–Trinajstić information content (AvgIpc) is 3.44. The van der Waals surface area contributed by atoms with Gasteiger partial charge >= 0.3 is 17.4 Å². The van der Waals surface area contributed by atoms with Crippen LogP contribution in [0.2, 0.25) is 12.6 Å². The molecule has 2 aliphatic heterocycles. The van der Waals surface area contributed by atoms with E-state index in [2.05, 4.69) is 6.92 Å². The van der Waals surface area contributed by atoms with Gasteiger partial charge in [0.05, 0.1) is 23.5 Å². The lowest BCUT2D eigenvalue weighted by molar-refractivity contribution is -0.0660. The van der Waals surface area contributed by atoms with Crippen molar-refractivity contribution >= 4 is 47.6 Å². The van der Waals surface area contributed by atoms with Crippen LogP contribution in [0.5, 0.6) is 0 Å². The fraction of sp³-hybridized carbons (Fsp3) is 1.00. The van der Waals surface area contributed by atoms with Crippen molar-refractivity contribution in [3.63, 3.8) is 0 Å². The van der Waals surface area contributed by atoms with Gasteiger partial charge in [-0.1, -0.05) is 6.92 Å². The summed E-state index contributed by atoms with van der Waals surface area (Å²) in [6, 6.07) is 0.620. The lowest BCUT2D eigenvalue weighted by Crippen LogP contribution is -2.60. The van der Waals surface area contributed by atoms with Crippen LogP contribution in [0.1, 0.15) is 19.8 Å². The van der Waals surface area contributed by atoms with Gasteiger partial charge in [0.25, 0.3) is 20.0 Å². The van der Waals surface area contributed by atoms with Gasteiger partial charge in [-0.2, -0.15) is 0 Å². The number of epoxide rings is 1. The Morgan fingerprint density at radius 3 is 2.11 bits per heavy atom. The first-order chi connectivity index (χ1) is 12.8. The van der Waals surface area contributed by atoms with Crippen LogP contribution in [0.15, 0.2) is 0 Å². The lowest BCUT2D eigenvalue weighted by Gasteiger charge is -2.40. The van der Waals surface area contributed by atoms with Gasteiger partial charge in [0.1, 0.15) is 5.41 Å². The van der Waals surface area contributed by atoms with Crippen molar-refractivity contribution in [2.24, 2.45) is 0 Å². The van der Waals surface area contributed by atoms with E-state index in [0.717, 1.165) is 6.42 Å².